The molecule has 9 nitrogen and oxygen atoms in total. The van der Waals surface area contributed by atoms with Crippen molar-refractivity contribution >= 4 is 11.9 Å². The highest BCUT2D eigenvalue weighted by Crippen LogP contribution is 2.24. The fraction of sp³-hybridized carbons (Fsp3) is 0.412. The van der Waals surface area contributed by atoms with Crippen molar-refractivity contribution in [3.63, 3.8) is 0 Å². The lowest BCUT2D eigenvalue weighted by atomic mass is 10.0. The van der Waals surface area contributed by atoms with E-state index in [0.717, 1.165) is 0 Å². The molecular formula is C17H20FN5O4. The fourth-order valence-electron chi connectivity index (χ4n) is 2.80. The van der Waals surface area contributed by atoms with E-state index in [4.69, 9.17) is 9.26 Å². The molecule has 0 aliphatic carbocycles. The van der Waals surface area contributed by atoms with Gasteiger partial charge in [0.1, 0.15) is 11.9 Å². The van der Waals surface area contributed by atoms with E-state index < -0.39 is 17.9 Å². The first-order chi connectivity index (χ1) is 13.1. The van der Waals surface area contributed by atoms with Crippen LogP contribution in [0.1, 0.15) is 23.3 Å². The number of benzene rings is 1. The lowest BCUT2D eigenvalue weighted by molar-refractivity contribution is -0.127. The topological polar surface area (TPSA) is 110 Å². The van der Waals surface area contributed by atoms with Crippen molar-refractivity contribution in [1.29, 1.82) is 0 Å². The molecule has 1 aliphatic heterocycles. The van der Waals surface area contributed by atoms with Crippen molar-refractivity contribution in [1.82, 2.24) is 25.7 Å². The van der Waals surface area contributed by atoms with Gasteiger partial charge in [0, 0.05) is 20.2 Å². The fourth-order valence-corrected chi connectivity index (χ4v) is 2.80. The molecular weight excluding hydrogens is 357 g/mol. The van der Waals surface area contributed by atoms with Crippen LogP contribution in [0.4, 0.5) is 9.18 Å². The Labute approximate surface area is 154 Å². The number of nitrogens with zero attached hydrogens (tertiary/aromatic N) is 3. The Kier molecular flexibility index (Phi) is 5.97. The van der Waals surface area contributed by atoms with Crippen LogP contribution in [0.2, 0.25) is 0 Å². The molecule has 3 rings (SSSR count). The summed E-state index contributed by atoms with van der Waals surface area (Å²) < 4.78 is 23.5. The average Bonchev–Trinajstić information content (AvgIpc) is 3.12. The predicted octanol–water partition coefficient (Wildman–Crippen LogP) is 0.780. The third kappa shape index (κ3) is 4.59. The molecule has 1 saturated heterocycles. The van der Waals surface area contributed by atoms with Gasteiger partial charge in [-0.15, -0.1) is 0 Å². The van der Waals surface area contributed by atoms with Crippen LogP contribution in [0.3, 0.4) is 0 Å². The summed E-state index contributed by atoms with van der Waals surface area (Å²) in [6, 6.07) is 4.27. The number of aromatic nitrogens is 2. The number of piperazine rings is 1. The molecule has 1 aromatic carbocycles. The van der Waals surface area contributed by atoms with Gasteiger partial charge in [-0.1, -0.05) is 17.3 Å². The van der Waals surface area contributed by atoms with Crippen molar-refractivity contribution in [2.24, 2.45) is 0 Å². The molecule has 2 aromatic rings. The first kappa shape index (κ1) is 18.8. The lowest BCUT2D eigenvalue weighted by Gasteiger charge is -2.35. The maximum Gasteiger partial charge on any atom is 0.318 e. The Bertz CT molecular complexity index is 812. The highest BCUT2D eigenvalue weighted by Gasteiger charge is 2.34. The molecule has 3 amide bonds. The Morgan fingerprint density at radius 3 is 3.15 bits per heavy atom. The minimum Gasteiger partial charge on any atom is -0.384 e. The second-order valence-electron chi connectivity index (χ2n) is 5.95. The maximum atomic E-state index is 13.6. The van der Waals surface area contributed by atoms with Crippen LogP contribution in [0.5, 0.6) is 0 Å². The van der Waals surface area contributed by atoms with Gasteiger partial charge in [0.15, 0.2) is 5.82 Å². The monoisotopic (exact) mass is 377 g/mol. The Morgan fingerprint density at radius 2 is 2.37 bits per heavy atom. The second-order valence-corrected chi connectivity index (χ2v) is 5.95. The summed E-state index contributed by atoms with van der Waals surface area (Å²) in [6.45, 7) is 1.11. The summed E-state index contributed by atoms with van der Waals surface area (Å²) in [6.07, 6.45) is 0.478. The summed E-state index contributed by atoms with van der Waals surface area (Å²) in [5.41, 5.74) is 0.406. The van der Waals surface area contributed by atoms with Crippen molar-refractivity contribution in [2.45, 2.75) is 19.0 Å². The van der Waals surface area contributed by atoms with Gasteiger partial charge in [-0.25, -0.2) is 9.18 Å². The van der Waals surface area contributed by atoms with Gasteiger partial charge in [-0.2, -0.15) is 4.98 Å². The molecule has 0 unspecified atom stereocenters. The molecule has 27 heavy (non-hydrogen) atoms. The molecule has 2 heterocycles. The number of hydrogen-bond donors (Lipinski definition) is 2. The molecule has 0 bridgehead atoms. The Morgan fingerprint density at radius 1 is 1.52 bits per heavy atom. The van der Waals surface area contributed by atoms with Crippen molar-refractivity contribution in [3.05, 3.63) is 47.4 Å². The van der Waals surface area contributed by atoms with Crippen molar-refractivity contribution < 1.29 is 23.2 Å². The number of urea groups is 1. The highest BCUT2D eigenvalue weighted by atomic mass is 19.1. The van der Waals surface area contributed by atoms with Crippen LogP contribution in [-0.4, -0.2) is 53.8 Å². The maximum absolute atomic E-state index is 13.6. The van der Waals surface area contributed by atoms with E-state index in [1.807, 2.05) is 0 Å². The molecule has 10 heteroatoms. The molecule has 1 fully saturated rings. The van der Waals surface area contributed by atoms with E-state index in [2.05, 4.69) is 20.8 Å². The molecule has 144 valence electrons. The average molecular weight is 377 g/mol. The normalized spacial score (nSPS) is 16.9. The lowest BCUT2D eigenvalue weighted by Crippen LogP contribution is -2.54. The molecule has 2 N–H and O–H groups in total. The third-order valence-electron chi connectivity index (χ3n) is 4.07. The standard InChI is InChI=1S/C17H20FN5O4/c1-26-8-5-14-21-13(22-27-14)10-20-17(25)23-7-6-19-16(24)15(23)11-3-2-4-12(18)9-11/h2-4,9,15H,5-8,10H2,1H3,(H,19,24)(H,20,25)/t15-/m0/s1. The van der Waals surface area contributed by atoms with E-state index in [9.17, 15) is 14.0 Å². The smallest absolute Gasteiger partial charge is 0.318 e. The summed E-state index contributed by atoms with van der Waals surface area (Å²) >= 11 is 0. The Hall–Kier alpha value is -3.01. The zero-order valence-electron chi connectivity index (χ0n) is 14.8. The summed E-state index contributed by atoms with van der Waals surface area (Å²) in [4.78, 5) is 30.4. The van der Waals surface area contributed by atoms with Gasteiger partial charge >= 0.3 is 6.03 Å². The molecule has 1 aromatic heterocycles. The number of nitrogens with one attached hydrogen (secondary N) is 2. The predicted molar refractivity (Wildman–Crippen MR) is 91.0 cm³/mol. The van der Waals surface area contributed by atoms with Gasteiger partial charge in [0.2, 0.25) is 11.8 Å². The number of halogens is 1. The first-order valence-corrected chi connectivity index (χ1v) is 8.46. The SMILES string of the molecule is COCCc1nc(CNC(=O)N2CCNC(=O)[C@@H]2c2cccc(F)c2)no1. The van der Waals surface area contributed by atoms with Crippen LogP contribution in [0, 0.1) is 5.82 Å². The van der Waals surface area contributed by atoms with Crippen LogP contribution in [0.25, 0.3) is 0 Å². The Balaban J connectivity index is 1.66. The molecule has 1 aliphatic rings. The minimum atomic E-state index is -0.906. The van der Waals surface area contributed by atoms with E-state index in [-0.39, 0.29) is 12.5 Å². The van der Waals surface area contributed by atoms with Gasteiger partial charge in [0.25, 0.3) is 0 Å². The van der Waals surface area contributed by atoms with E-state index in [0.29, 0.717) is 43.4 Å². The van der Waals surface area contributed by atoms with E-state index in [1.165, 1.54) is 23.1 Å². The van der Waals surface area contributed by atoms with Crippen molar-refractivity contribution in [3.8, 4) is 0 Å². The molecule has 0 radical (unpaired) electrons. The van der Waals surface area contributed by atoms with Crippen LogP contribution in [-0.2, 0) is 22.5 Å². The van der Waals surface area contributed by atoms with Gasteiger partial charge in [-0.05, 0) is 17.7 Å². The quantitative estimate of drug-likeness (QED) is 0.770. The van der Waals surface area contributed by atoms with Crippen LogP contribution < -0.4 is 10.6 Å². The number of amides is 3. The summed E-state index contributed by atoms with van der Waals surface area (Å²) in [5, 5.41) is 9.15. The molecule has 0 saturated carbocycles. The van der Waals surface area contributed by atoms with Gasteiger partial charge in [-0.3, -0.25) is 4.79 Å². The van der Waals surface area contributed by atoms with Crippen molar-refractivity contribution in [2.75, 3.05) is 26.8 Å². The largest absolute Gasteiger partial charge is 0.384 e. The zero-order valence-corrected chi connectivity index (χ0v) is 14.8. The van der Waals surface area contributed by atoms with Crippen LogP contribution in [0.15, 0.2) is 28.8 Å². The number of methoxy groups -OCH3 is 1. The number of carbonyl (C=O) groups is 2. The summed E-state index contributed by atoms with van der Waals surface area (Å²) in [7, 11) is 1.57. The third-order valence-corrected chi connectivity index (χ3v) is 4.07. The summed E-state index contributed by atoms with van der Waals surface area (Å²) in [5.74, 6) is -0.0978. The first-order valence-electron chi connectivity index (χ1n) is 8.46. The minimum absolute atomic E-state index is 0.0449. The van der Waals surface area contributed by atoms with Crippen LogP contribution >= 0.6 is 0 Å². The second kappa shape index (κ2) is 8.58. The van der Waals surface area contributed by atoms with Gasteiger partial charge < -0.3 is 24.8 Å². The molecule has 0 spiro atoms. The zero-order chi connectivity index (χ0) is 19.2. The number of ether oxygens (including phenoxy) is 1. The number of rotatable bonds is 6. The highest BCUT2D eigenvalue weighted by molar-refractivity contribution is 5.89. The number of carbonyl (C=O) groups excluding carboxylic acids is 2. The number of hydrogen-bond acceptors (Lipinski definition) is 6. The van der Waals surface area contributed by atoms with Gasteiger partial charge in [0.05, 0.1) is 19.6 Å². The van der Waals surface area contributed by atoms with E-state index in [1.54, 1.807) is 13.2 Å². The molecule has 1 atom stereocenters. The van der Waals surface area contributed by atoms with E-state index >= 15 is 0 Å².